The molecule has 0 aliphatic carbocycles. The fraction of sp³-hybridized carbons (Fsp3) is 0.208. The molecule has 0 fully saturated rings. The maximum absolute atomic E-state index is 12.3. The van der Waals surface area contributed by atoms with Crippen molar-refractivity contribution < 1.29 is 4.74 Å². The van der Waals surface area contributed by atoms with Crippen LogP contribution in [0.15, 0.2) is 71.5 Å². The number of aromatic nitrogens is 4. The van der Waals surface area contributed by atoms with Crippen LogP contribution < -0.4 is 10.4 Å². The Kier molecular flexibility index (Phi) is 5.48. The van der Waals surface area contributed by atoms with E-state index in [9.17, 15) is 4.79 Å². The van der Waals surface area contributed by atoms with E-state index in [1.165, 1.54) is 20.5 Å². The van der Waals surface area contributed by atoms with Crippen LogP contribution in [0, 0.1) is 13.8 Å². The lowest BCUT2D eigenvalue weighted by molar-refractivity contribution is 0.302. The molecule has 4 aromatic rings. The highest BCUT2D eigenvalue weighted by Crippen LogP contribution is 2.24. The van der Waals surface area contributed by atoms with Gasteiger partial charge in [0.25, 0.3) is 0 Å². The van der Waals surface area contributed by atoms with Crippen molar-refractivity contribution in [2.24, 2.45) is 7.05 Å². The van der Waals surface area contributed by atoms with Crippen molar-refractivity contribution in [3.63, 3.8) is 0 Å². The molecule has 30 heavy (non-hydrogen) atoms. The summed E-state index contributed by atoms with van der Waals surface area (Å²) in [7, 11) is 1.58. The molecule has 0 N–H and O–H groups in total. The van der Waals surface area contributed by atoms with Crippen molar-refractivity contribution in [2.45, 2.75) is 26.9 Å². The van der Waals surface area contributed by atoms with Crippen molar-refractivity contribution >= 4 is 0 Å². The maximum atomic E-state index is 12.3. The molecule has 0 radical (unpaired) electrons. The monoisotopic (exact) mass is 400 g/mol. The quantitative estimate of drug-likeness (QED) is 0.495. The first-order valence-electron chi connectivity index (χ1n) is 9.87. The van der Waals surface area contributed by atoms with Gasteiger partial charge in [0.05, 0.1) is 5.69 Å². The van der Waals surface area contributed by atoms with E-state index in [0.29, 0.717) is 12.3 Å². The Bertz CT molecular complexity index is 1230. The van der Waals surface area contributed by atoms with Gasteiger partial charge in [0.2, 0.25) is 0 Å². The first-order chi connectivity index (χ1) is 14.5. The van der Waals surface area contributed by atoms with Crippen LogP contribution in [0.25, 0.3) is 5.69 Å². The number of aryl methyl sites for hydroxylation is 3. The summed E-state index contributed by atoms with van der Waals surface area (Å²) in [5, 5.41) is 7.79. The molecule has 0 aliphatic rings. The highest BCUT2D eigenvalue weighted by Gasteiger charge is 2.14. The van der Waals surface area contributed by atoms with Crippen molar-refractivity contribution in [3.8, 4) is 11.4 Å². The first-order valence-corrected chi connectivity index (χ1v) is 9.87. The third-order valence-electron chi connectivity index (χ3n) is 5.20. The van der Waals surface area contributed by atoms with Gasteiger partial charge in [-0.05, 0) is 65.1 Å². The molecule has 0 spiro atoms. The summed E-state index contributed by atoms with van der Waals surface area (Å²) in [4.78, 5) is 12.3. The SMILES string of the molecule is Cc1cc(Cc2ccccc2)ccc1OCc1c(C)cccc1-n1nnn(C)c1=O. The Balaban J connectivity index is 1.55. The van der Waals surface area contributed by atoms with Gasteiger partial charge < -0.3 is 4.74 Å². The Morgan fingerprint density at radius 1 is 0.867 bits per heavy atom. The van der Waals surface area contributed by atoms with Gasteiger partial charge in [-0.25, -0.2) is 4.79 Å². The van der Waals surface area contributed by atoms with Gasteiger partial charge in [-0.2, -0.15) is 9.36 Å². The topological polar surface area (TPSA) is 61.9 Å². The van der Waals surface area contributed by atoms with E-state index in [4.69, 9.17) is 4.74 Å². The van der Waals surface area contributed by atoms with Crippen LogP contribution in [0.5, 0.6) is 5.75 Å². The average molecular weight is 400 g/mol. The molecule has 0 saturated carbocycles. The Hall–Kier alpha value is -3.67. The second-order valence-corrected chi connectivity index (χ2v) is 7.42. The van der Waals surface area contributed by atoms with Crippen molar-refractivity contribution in [1.29, 1.82) is 0 Å². The lowest BCUT2D eigenvalue weighted by Crippen LogP contribution is -2.23. The number of hydrogen-bond acceptors (Lipinski definition) is 4. The minimum atomic E-state index is -0.289. The van der Waals surface area contributed by atoms with E-state index in [0.717, 1.165) is 28.9 Å². The number of nitrogens with zero attached hydrogens (tertiary/aromatic N) is 4. The van der Waals surface area contributed by atoms with Gasteiger partial charge in [0.1, 0.15) is 12.4 Å². The second kappa shape index (κ2) is 8.37. The van der Waals surface area contributed by atoms with Crippen molar-refractivity contribution in [2.75, 3.05) is 0 Å². The molecule has 0 aliphatic heterocycles. The summed E-state index contributed by atoms with van der Waals surface area (Å²) in [5.41, 5.74) is 5.94. The minimum absolute atomic E-state index is 0.289. The normalized spacial score (nSPS) is 10.9. The smallest absolute Gasteiger partial charge is 0.368 e. The standard InChI is InChI=1S/C24H24N4O2/c1-17-8-7-11-22(28-24(29)27(3)25-26-28)21(17)16-30-23-13-12-20(14-18(23)2)15-19-9-5-4-6-10-19/h4-14H,15-16H2,1-3H3. The zero-order valence-electron chi connectivity index (χ0n) is 17.4. The van der Waals surface area contributed by atoms with E-state index in [2.05, 4.69) is 53.7 Å². The van der Waals surface area contributed by atoms with Crippen LogP contribution in [-0.4, -0.2) is 19.8 Å². The molecule has 1 heterocycles. The zero-order chi connectivity index (χ0) is 21.1. The number of ether oxygens (including phenoxy) is 1. The fourth-order valence-corrected chi connectivity index (χ4v) is 3.50. The third kappa shape index (κ3) is 4.03. The van der Waals surface area contributed by atoms with E-state index in [-0.39, 0.29) is 5.69 Å². The van der Waals surface area contributed by atoms with Gasteiger partial charge in [-0.3, -0.25) is 0 Å². The van der Waals surface area contributed by atoms with Crippen LogP contribution in [0.4, 0.5) is 0 Å². The molecule has 0 bridgehead atoms. The van der Waals surface area contributed by atoms with E-state index >= 15 is 0 Å². The van der Waals surface area contributed by atoms with E-state index in [1.54, 1.807) is 7.05 Å². The molecule has 0 unspecified atom stereocenters. The molecule has 6 nitrogen and oxygen atoms in total. The zero-order valence-corrected chi connectivity index (χ0v) is 17.4. The molecule has 0 saturated heterocycles. The van der Waals surface area contributed by atoms with Gasteiger partial charge >= 0.3 is 5.69 Å². The number of tetrazole rings is 1. The molecule has 0 atom stereocenters. The number of benzene rings is 3. The van der Waals surface area contributed by atoms with Crippen molar-refractivity contribution in [1.82, 2.24) is 19.8 Å². The maximum Gasteiger partial charge on any atom is 0.368 e. The Labute approximate surface area is 175 Å². The molecule has 152 valence electrons. The highest BCUT2D eigenvalue weighted by molar-refractivity contribution is 5.45. The van der Waals surface area contributed by atoms with Crippen LogP contribution in [0.2, 0.25) is 0 Å². The largest absolute Gasteiger partial charge is 0.489 e. The Morgan fingerprint density at radius 3 is 2.37 bits per heavy atom. The van der Waals surface area contributed by atoms with Crippen LogP contribution in [0.1, 0.15) is 27.8 Å². The van der Waals surface area contributed by atoms with Gasteiger partial charge in [0.15, 0.2) is 0 Å². The van der Waals surface area contributed by atoms with Crippen LogP contribution in [-0.2, 0) is 20.1 Å². The molecule has 6 heteroatoms. The summed E-state index contributed by atoms with van der Waals surface area (Å²) in [6.07, 6.45) is 0.888. The summed E-state index contributed by atoms with van der Waals surface area (Å²) in [6, 6.07) is 22.4. The summed E-state index contributed by atoms with van der Waals surface area (Å²) < 4.78 is 8.67. The number of rotatable bonds is 6. The molecule has 3 aromatic carbocycles. The molecule has 1 aromatic heterocycles. The van der Waals surface area contributed by atoms with Crippen LogP contribution in [0.3, 0.4) is 0 Å². The highest BCUT2D eigenvalue weighted by atomic mass is 16.5. The van der Waals surface area contributed by atoms with Gasteiger partial charge in [-0.15, -0.1) is 0 Å². The van der Waals surface area contributed by atoms with Gasteiger partial charge in [0, 0.05) is 12.6 Å². The molecule has 4 rings (SSSR count). The molecular weight excluding hydrogens is 376 g/mol. The summed E-state index contributed by atoms with van der Waals surface area (Å²) in [5.74, 6) is 0.826. The molecular formula is C24H24N4O2. The average Bonchev–Trinajstić information content (AvgIpc) is 3.07. The van der Waals surface area contributed by atoms with Crippen molar-refractivity contribution in [3.05, 3.63) is 105 Å². The van der Waals surface area contributed by atoms with Crippen LogP contribution >= 0.6 is 0 Å². The number of hydrogen-bond donors (Lipinski definition) is 0. The Morgan fingerprint density at radius 2 is 1.67 bits per heavy atom. The van der Waals surface area contributed by atoms with E-state index < -0.39 is 0 Å². The van der Waals surface area contributed by atoms with E-state index in [1.807, 2.05) is 37.3 Å². The summed E-state index contributed by atoms with van der Waals surface area (Å²) in [6.45, 7) is 4.39. The second-order valence-electron chi connectivity index (χ2n) is 7.42. The molecule has 0 amide bonds. The van der Waals surface area contributed by atoms with Gasteiger partial charge in [-0.1, -0.05) is 54.6 Å². The lowest BCUT2D eigenvalue weighted by Gasteiger charge is -2.15. The predicted octanol–water partition coefficient (Wildman–Crippen LogP) is 3.75. The first kappa shape index (κ1) is 19.6. The predicted molar refractivity (Wildman–Crippen MR) is 116 cm³/mol. The minimum Gasteiger partial charge on any atom is -0.489 e. The lowest BCUT2D eigenvalue weighted by atomic mass is 10.0. The summed E-state index contributed by atoms with van der Waals surface area (Å²) >= 11 is 0. The fourth-order valence-electron chi connectivity index (χ4n) is 3.50. The third-order valence-corrected chi connectivity index (χ3v) is 5.20.